The lowest BCUT2D eigenvalue weighted by molar-refractivity contribution is 0.350. The minimum atomic E-state index is -0.169. The maximum Gasteiger partial charge on any atom is 0.105 e. The van der Waals surface area contributed by atoms with Crippen LogP contribution in [-0.4, -0.2) is 11.7 Å². The largest absolute Gasteiger partial charge is 0.384 e. The van der Waals surface area contributed by atoms with Crippen LogP contribution in [0.2, 0.25) is 0 Å². The summed E-state index contributed by atoms with van der Waals surface area (Å²) in [5.74, 6) is 7.95. The van der Waals surface area contributed by atoms with Gasteiger partial charge in [0.25, 0.3) is 0 Å². The Morgan fingerprint density at radius 2 is 1.50 bits per heavy atom. The van der Waals surface area contributed by atoms with E-state index in [2.05, 4.69) is 35.9 Å². The second-order valence-electron chi connectivity index (χ2n) is 4.07. The average Bonchev–Trinajstić information content (AvgIpc) is 2.50. The zero-order chi connectivity index (χ0) is 13.8. The number of benzene rings is 2. The molecule has 0 spiro atoms. The summed E-state index contributed by atoms with van der Waals surface area (Å²) in [7, 11) is 0. The zero-order valence-electron chi connectivity index (χ0n) is 10.6. The number of hydrogen-bond donors (Lipinski definition) is 1. The second-order valence-corrected chi connectivity index (χ2v) is 5.15. The Morgan fingerprint density at radius 1 is 0.900 bits per heavy atom. The molecule has 3 heteroatoms. The van der Waals surface area contributed by atoms with Crippen LogP contribution >= 0.6 is 11.8 Å². The second kappa shape index (κ2) is 5.75. The lowest BCUT2D eigenvalue weighted by atomic mass is 10.2. The highest BCUT2D eigenvalue weighted by molar-refractivity contribution is 7.99. The van der Waals surface area contributed by atoms with Crippen molar-refractivity contribution in [3.63, 3.8) is 0 Å². The van der Waals surface area contributed by atoms with Crippen molar-refractivity contribution < 1.29 is 5.11 Å². The van der Waals surface area contributed by atoms with E-state index in [0.717, 1.165) is 11.4 Å². The maximum absolute atomic E-state index is 8.66. The Balaban J connectivity index is 2.09. The van der Waals surface area contributed by atoms with Crippen LogP contribution in [0.3, 0.4) is 0 Å². The van der Waals surface area contributed by atoms with Gasteiger partial charge in [0.1, 0.15) is 6.61 Å². The Hall–Kier alpha value is -2.33. The third-order valence-corrected chi connectivity index (χ3v) is 3.96. The highest BCUT2D eigenvalue weighted by atomic mass is 32.2. The van der Waals surface area contributed by atoms with Gasteiger partial charge in [-0.1, -0.05) is 41.9 Å². The van der Waals surface area contributed by atoms with Gasteiger partial charge < -0.3 is 5.11 Å². The topological polar surface area (TPSA) is 23.5 Å². The number of aliphatic hydroxyl groups excluding tert-OH is 1. The first kappa shape index (κ1) is 12.7. The van der Waals surface area contributed by atoms with Crippen LogP contribution in [0.25, 0.3) is 0 Å². The normalized spacial score (nSPS) is 11.3. The molecule has 1 aliphatic heterocycles. The molecule has 0 atom stereocenters. The Labute approximate surface area is 122 Å². The van der Waals surface area contributed by atoms with Gasteiger partial charge in [-0.2, -0.15) is 0 Å². The van der Waals surface area contributed by atoms with Gasteiger partial charge in [0.05, 0.1) is 11.4 Å². The summed E-state index contributed by atoms with van der Waals surface area (Å²) in [5.41, 5.74) is 2.13. The van der Waals surface area contributed by atoms with Crippen LogP contribution < -0.4 is 4.90 Å². The van der Waals surface area contributed by atoms with Crippen molar-refractivity contribution in [2.45, 2.75) is 9.79 Å². The van der Waals surface area contributed by atoms with Crippen molar-refractivity contribution in [2.24, 2.45) is 0 Å². The molecule has 0 aliphatic carbocycles. The summed E-state index contributed by atoms with van der Waals surface area (Å²) >= 11 is 1.74. The van der Waals surface area contributed by atoms with Crippen molar-refractivity contribution in [1.82, 2.24) is 0 Å². The molecule has 2 nitrogen and oxygen atoms in total. The Morgan fingerprint density at radius 3 is 2.10 bits per heavy atom. The van der Waals surface area contributed by atoms with Gasteiger partial charge >= 0.3 is 0 Å². The standard InChI is InChI=1S/C17H11NOS/c19-13-7-1-6-12-18-14-8-2-4-10-16(14)20-17-11-5-3-9-15(17)18/h2-5,8-11,19H,13H2. The predicted octanol–water partition coefficient (Wildman–Crippen LogP) is 3.25. The molecule has 0 fully saturated rings. The van der Waals surface area contributed by atoms with Crippen LogP contribution in [0.15, 0.2) is 58.3 Å². The molecular formula is C17H11NOS. The summed E-state index contributed by atoms with van der Waals surface area (Å²) < 4.78 is 0. The van der Waals surface area contributed by atoms with Gasteiger partial charge in [-0.05, 0) is 30.2 Å². The summed E-state index contributed by atoms with van der Waals surface area (Å²) in [6.07, 6.45) is 0. The molecule has 1 heterocycles. The summed E-state index contributed by atoms with van der Waals surface area (Å²) in [5, 5.41) is 8.66. The molecule has 0 saturated carbocycles. The number of fused-ring (bicyclic) bond motifs is 2. The van der Waals surface area contributed by atoms with E-state index >= 15 is 0 Å². The van der Waals surface area contributed by atoms with E-state index in [1.54, 1.807) is 11.8 Å². The molecule has 2 aromatic rings. The van der Waals surface area contributed by atoms with Crippen molar-refractivity contribution in [3.05, 3.63) is 48.5 Å². The molecule has 0 saturated heterocycles. The van der Waals surface area contributed by atoms with Crippen LogP contribution in [0, 0.1) is 23.8 Å². The van der Waals surface area contributed by atoms with Crippen LogP contribution in [0.1, 0.15) is 0 Å². The average molecular weight is 277 g/mol. The minimum absolute atomic E-state index is 0.169. The van der Waals surface area contributed by atoms with Crippen LogP contribution in [-0.2, 0) is 0 Å². The number of aliphatic hydroxyl groups is 1. The van der Waals surface area contributed by atoms with E-state index in [0.29, 0.717) is 0 Å². The fraction of sp³-hybridized carbons (Fsp3) is 0.0588. The monoisotopic (exact) mass is 277 g/mol. The highest BCUT2D eigenvalue weighted by Gasteiger charge is 2.21. The van der Waals surface area contributed by atoms with Crippen LogP contribution in [0.4, 0.5) is 11.4 Å². The molecule has 0 radical (unpaired) electrons. The predicted molar refractivity (Wildman–Crippen MR) is 81.8 cm³/mol. The first-order chi connectivity index (χ1) is 9.90. The van der Waals surface area contributed by atoms with Crippen molar-refractivity contribution in [2.75, 3.05) is 11.5 Å². The first-order valence-electron chi connectivity index (χ1n) is 6.15. The lowest BCUT2D eigenvalue weighted by Crippen LogP contribution is -2.14. The van der Waals surface area contributed by atoms with E-state index in [-0.39, 0.29) is 6.61 Å². The molecule has 20 heavy (non-hydrogen) atoms. The molecule has 2 aromatic carbocycles. The maximum atomic E-state index is 8.66. The quantitative estimate of drug-likeness (QED) is 0.748. The van der Waals surface area contributed by atoms with E-state index in [1.165, 1.54) is 9.79 Å². The van der Waals surface area contributed by atoms with E-state index < -0.39 is 0 Å². The molecule has 3 rings (SSSR count). The van der Waals surface area contributed by atoms with Gasteiger partial charge in [-0.15, -0.1) is 0 Å². The molecule has 0 unspecified atom stereocenters. The van der Waals surface area contributed by atoms with E-state index in [1.807, 2.05) is 41.3 Å². The van der Waals surface area contributed by atoms with Gasteiger partial charge in [0.15, 0.2) is 0 Å². The Kier molecular flexibility index (Phi) is 3.65. The fourth-order valence-electron chi connectivity index (χ4n) is 1.99. The molecule has 0 amide bonds. The number of rotatable bonds is 0. The molecular weight excluding hydrogens is 266 g/mol. The number of anilines is 2. The summed E-state index contributed by atoms with van der Waals surface area (Å²) in [6.45, 7) is -0.169. The summed E-state index contributed by atoms with van der Waals surface area (Å²) in [4.78, 5) is 4.30. The minimum Gasteiger partial charge on any atom is -0.384 e. The SMILES string of the molecule is OCC#CC#CN1c2ccccc2Sc2ccccc21. The van der Waals surface area contributed by atoms with Crippen molar-refractivity contribution in [3.8, 4) is 23.8 Å². The third kappa shape index (κ3) is 2.38. The van der Waals surface area contributed by atoms with Crippen molar-refractivity contribution >= 4 is 23.1 Å². The lowest BCUT2D eigenvalue weighted by Gasteiger charge is -2.27. The third-order valence-electron chi connectivity index (χ3n) is 2.83. The number of nitrogens with zero attached hydrogens (tertiary/aromatic N) is 1. The molecule has 96 valence electrons. The van der Waals surface area contributed by atoms with Crippen LogP contribution in [0.5, 0.6) is 0 Å². The molecule has 1 aliphatic rings. The number of hydrogen-bond acceptors (Lipinski definition) is 3. The molecule has 0 bridgehead atoms. The zero-order valence-corrected chi connectivity index (χ0v) is 11.4. The fourth-order valence-corrected chi connectivity index (χ4v) is 3.05. The van der Waals surface area contributed by atoms with Gasteiger partial charge in [-0.3, -0.25) is 4.90 Å². The smallest absolute Gasteiger partial charge is 0.105 e. The highest BCUT2D eigenvalue weighted by Crippen LogP contribution is 2.47. The van der Waals surface area contributed by atoms with Gasteiger partial charge in [0.2, 0.25) is 0 Å². The van der Waals surface area contributed by atoms with E-state index in [4.69, 9.17) is 5.11 Å². The Bertz CT molecular complexity index is 716. The number of para-hydroxylation sites is 2. The molecule has 0 aromatic heterocycles. The van der Waals surface area contributed by atoms with Gasteiger partial charge in [-0.25, -0.2) is 0 Å². The van der Waals surface area contributed by atoms with Crippen molar-refractivity contribution in [1.29, 1.82) is 0 Å². The van der Waals surface area contributed by atoms with E-state index in [9.17, 15) is 0 Å². The first-order valence-corrected chi connectivity index (χ1v) is 6.97. The van der Waals surface area contributed by atoms with Gasteiger partial charge in [0, 0.05) is 21.8 Å². The molecule has 1 N–H and O–H groups in total. The summed E-state index contributed by atoms with van der Waals surface area (Å²) in [6, 6.07) is 19.4.